The molecule has 4 aromatic carbocycles. The standard InChI is InChI=1S/C36H31N7O3/c1-46-29-18-16-26(17-19-29)41-23-25-22-39-35(40-33(25)42(36(41)45)27-10-4-2-5-11-27)43(28-12-6-3-7-13-28)34(44)31(37)20-24-21-38-32-15-9-8-14-30(24)32/h2-19,21-22,31,38H,20,23,37H2,1H3/t31-/m0/s1. The minimum absolute atomic E-state index is 0.121. The summed E-state index contributed by atoms with van der Waals surface area (Å²) in [7, 11) is 1.60. The summed E-state index contributed by atoms with van der Waals surface area (Å²) < 4.78 is 5.31. The minimum Gasteiger partial charge on any atom is -0.497 e. The Morgan fingerprint density at radius 2 is 1.63 bits per heavy atom. The van der Waals surface area contributed by atoms with E-state index >= 15 is 0 Å². The highest BCUT2D eigenvalue weighted by molar-refractivity contribution is 6.10. The first-order valence-electron chi connectivity index (χ1n) is 14.9. The van der Waals surface area contributed by atoms with Crippen LogP contribution in [0.25, 0.3) is 10.9 Å². The average Bonchev–Trinajstić information content (AvgIpc) is 3.51. The predicted octanol–water partition coefficient (Wildman–Crippen LogP) is 6.48. The van der Waals surface area contributed by atoms with Crippen LogP contribution in [0.1, 0.15) is 11.1 Å². The molecule has 0 spiro atoms. The first-order chi connectivity index (χ1) is 22.5. The Bertz CT molecular complexity index is 2010. The summed E-state index contributed by atoms with van der Waals surface area (Å²) in [6, 6.07) is 32.5. The number of para-hydroxylation sites is 3. The van der Waals surface area contributed by atoms with Crippen molar-refractivity contribution >= 4 is 51.7 Å². The van der Waals surface area contributed by atoms with Crippen LogP contribution < -0.4 is 25.2 Å². The van der Waals surface area contributed by atoms with Crippen LogP contribution in [-0.2, 0) is 17.8 Å². The number of H-pyrrole nitrogens is 1. The molecule has 0 saturated carbocycles. The van der Waals surface area contributed by atoms with Crippen molar-refractivity contribution in [2.24, 2.45) is 5.73 Å². The number of hydrogen-bond acceptors (Lipinski definition) is 6. The van der Waals surface area contributed by atoms with Gasteiger partial charge in [0.2, 0.25) is 5.95 Å². The van der Waals surface area contributed by atoms with Gasteiger partial charge in [0, 0.05) is 34.5 Å². The largest absolute Gasteiger partial charge is 0.497 e. The smallest absolute Gasteiger partial charge is 0.335 e. The van der Waals surface area contributed by atoms with Gasteiger partial charge in [0.1, 0.15) is 5.75 Å². The van der Waals surface area contributed by atoms with E-state index in [-0.39, 0.29) is 24.4 Å². The van der Waals surface area contributed by atoms with Crippen LogP contribution in [0.2, 0.25) is 0 Å². The first kappa shape index (κ1) is 28.8. The number of fused-ring (bicyclic) bond motifs is 2. The molecule has 1 aliphatic rings. The number of benzene rings is 4. The number of carbonyl (C=O) groups is 2. The number of nitrogens with two attached hydrogens (primary N) is 1. The Kier molecular flexibility index (Phi) is 7.61. The summed E-state index contributed by atoms with van der Waals surface area (Å²) in [6.07, 6.45) is 3.87. The fourth-order valence-electron chi connectivity index (χ4n) is 5.73. The highest BCUT2D eigenvalue weighted by Gasteiger charge is 2.36. The third-order valence-electron chi connectivity index (χ3n) is 8.06. The van der Waals surface area contributed by atoms with Gasteiger partial charge in [-0.1, -0.05) is 54.6 Å². The number of carbonyl (C=O) groups excluding carboxylic acids is 2. The Balaban J connectivity index is 1.29. The van der Waals surface area contributed by atoms with Crippen LogP contribution in [-0.4, -0.2) is 40.0 Å². The van der Waals surface area contributed by atoms with Gasteiger partial charge < -0.3 is 15.5 Å². The number of aromatic nitrogens is 3. The molecular formula is C36H31N7O3. The van der Waals surface area contributed by atoms with Crippen molar-refractivity contribution in [3.05, 3.63) is 133 Å². The van der Waals surface area contributed by atoms with Crippen molar-refractivity contribution in [1.82, 2.24) is 15.0 Å². The molecule has 3 amide bonds. The Labute approximate surface area is 265 Å². The number of methoxy groups -OCH3 is 1. The maximum absolute atomic E-state index is 14.2. The van der Waals surface area contributed by atoms with E-state index in [0.717, 1.165) is 16.5 Å². The van der Waals surface area contributed by atoms with E-state index in [1.807, 2.05) is 115 Å². The second-order valence-corrected chi connectivity index (χ2v) is 10.9. The minimum atomic E-state index is -0.892. The highest BCUT2D eigenvalue weighted by atomic mass is 16.5. The molecule has 6 aromatic rings. The monoisotopic (exact) mass is 609 g/mol. The fourth-order valence-corrected chi connectivity index (χ4v) is 5.73. The number of hydrogen-bond donors (Lipinski definition) is 2. The van der Waals surface area contributed by atoms with Gasteiger partial charge in [-0.2, -0.15) is 4.98 Å². The van der Waals surface area contributed by atoms with E-state index in [9.17, 15) is 9.59 Å². The summed E-state index contributed by atoms with van der Waals surface area (Å²) in [5, 5.41) is 1.01. The lowest BCUT2D eigenvalue weighted by Crippen LogP contribution is -2.46. The molecule has 7 rings (SSSR count). The van der Waals surface area contributed by atoms with E-state index < -0.39 is 6.04 Å². The second-order valence-electron chi connectivity index (χ2n) is 10.9. The molecule has 10 heteroatoms. The van der Waals surface area contributed by atoms with E-state index in [4.69, 9.17) is 15.5 Å². The van der Waals surface area contributed by atoms with Crippen molar-refractivity contribution in [3.63, 3.8) is 0 Å². The van der Waals surface area contributed by atoms with Crippen LogP contribution in [0.4, 0.5) is 33.6 Å². The van der Waals surface area contributed by atoms with Gasteiger partial charge in [0.05, 0.1) is 31.1 Å². The maximum Gasteiger partial charge on any atom is 0.335 e. The zero-order chi connectivity index (χ0) is 31.6. The molecule has 2 aromatic heterocycles. The Hall–Kier alpha value is -6.00. The van der Waals surface area contributed by atoms with E-state index in [1.54, 1.807) is 23.1 Å². The number of urea groups is 1. The SMILES string of the molecule is COc1ccc(N2Cc3cnc(N(C(=O)[C@@H](N)Cc4c[nH]c5ccccc45)c4ccccc4)nc3N(c3ccccc3)C2=O)cc1. The van der Waals surface area contributed by atoms with Crippen molar-refractivity contribution in [2.75, 3.05) is 21.8 Å². The van der Waals surface area contributed by atoms with Crippen molar-refractivity contribution in [2.45, 2.75) is 19.0 Å². The van der Waals surface area contributed by atoms with Gasteiger partial charge in [-0.05, 0) is 66.6 Å². The summed E-state index contributed by atoms with van der Waals surface area (Å²) in [4.78, 5) is 45.8. The molecule has 3 N–H and O–H groups in total. The van der Waals surface area contributed by atoms with Gasteiger partial charge in [0.15, 0.2) is 5.82 Å². The van der Waals surface area contributed by atoms with Gasteiger partial charge in [-0.25, -0.2) is 19.6 Å². The molecule has 0 bridgehead atoms. The van der Waals surface area contributed by atoms with Gasteiger partial charge in [-0.15, -0.1) is 0 Å². The number of amides is 3. The van der Waals surface area contributed by atoms with Crippen molar-refractivity contribution in [3.8, 4) is 5.75 Å². The molecular weight excluding hydrogens is 578 g/mol. The number of aromatic amines is 1. The molecule has 1 aliphatic heterocycles. The molecule has 1 atom stereocenters. The van der Waals surface area contributed by atoms with Gasteiger partial charge >= 0.3 is 6.03 Å². The molecule has 10 nitrogen and oxygen atoms in total. The number of ether oxygens (including phenoxy) is 1. The molecule has 228 valence electrons. The predicted molar refractivity (Wildman–Crippen MR) is 179 cm³/mol. The van der Waals surface area contributed by atoms with E-state index in [0.29, 0.717) is 40.6 Å². The average molecular weight is 610 g/mol. The Morgan fingerprint density at radius 3 is 2.37 bits per heavy atom. The molecule has 0 saturated heterocycles. The zero-order valence-electron chi connectivity index (χ0n) is 25.1. The first-order valence-corrected chi connectivity index (χ1v) is 14.9. The lowest BCUT2D eigenvalue weighted by Gasteiger charge is -2.36. The Morgan fingerprint density at radius 1 is 0.935 bits per heavy atom. The zero-order valence-corrected chi connectivity index (χ0v) is 25.1. The third-order valence-corrected chi connectivity index (χ3v) is 8.06. The van der Waals surface area contributed by atoms with Crippen LogP contribution in [0, 0.1) is 0 Å². The van der Waals surface area contributed by atoms with E-state index in [1.165, 1.54) is 4.90 Å². The number of rotatable bonds is 8. The van der Waals surface area contributed by atoms with Gasteiger partial charge in [0.25, 0.3) is 5.91 Å². The maximum atomic E-state index is 14.2. The molecule has 0 unspecified atom stereocenters. The number of nitrogens with zero attached hydrogens (tertiary/aromatic N) is 5. The van der Waals surface area contributed by atoms with Gasteiger partial charge in [-0.3, -0.25) is 9.69 Å². The normalized spacial score (nSPS) is 13.4. The summed E-state index contributed by atoms with van der Waals surface area (Å²) >= 11 is 0. The molecule has 46 heavy (non-hydrogen) atoms. The lowest BCUT2D eigenvalue weighted by atomic mass is 10.0. The highest BCUT2D eigenvalue weighted by Crippen LogP contribution is 2.37. The third kappa shape index (κ3) is 5.31. The summed E-state index contributed by atoms with van der Waals surface area (Å²) in [5.41, 5.74) is 11.1. The topological polar surface area (TPSA) is 121 Å². The molecule has 0 aliphatic carbocycles. The number of nitrogens with one attached hydrogen (secondary N) is 1. The van der Waals surface area contributed by atoms with Crippen molar-refractivity contribution in [1.29, 1.82) is 0 Å². The quantitative estimate of drug-likeness (QED) is 0.204. The van der Waals surface area contributed by atoms with Crippen LogP contribution in [0.3, 0.4) is 0 Å². The van der Waals surface area contributed by atoms with Crippen LogP contribution in [0.5, 0.6) is 5.75 Å². The second kappa shape index (κ2) is 12.2. The molecule has 3 heterocycles. The van der Waals surface area contributed by atoms with Crippen molar-refractivity contribution < 1.29 is 14.3 Å². The fraction of sp³-hybridized carbons (Fsp3) is 0.111. The lowest BCUT2D eigenvalue weighted by molar-refractivity contribution is -0.119. The van der Waals surface area contributed by atoms with Crippen LogP contribution >= 0.6 is 0 Å². The van der Waals surface area contributed by atoms with Crippen LogP contribution in [0.15, 0.2) is 122 Å². The molecule has 0 radical (unpaired) electrons. The summed E-state index contributed by atoms with van der Waals surface area (Å²) in [5.74, 6) is 0.834. The number of anilines is 5. The molecule has 0 fully saturated rings. The van der Waals surface area contributed by atoms with E-state index in [2.05, 4.69) is 9.97 Å². The summed E-state index contributed by atoms with van der Waals surface area (Å²) in [6.45, 7) is 0.240.